The van der Waals surface area contributed by atoms with Crippen LogP contribution in [0.25, 0.3) is 0 Å². The molecule has 0 aliphatic heterocycles. The molecular formula is C8H10F4O2. The molecule has 0 heterocycles. The van der Waals surface area contributed by atoms with Gasteiger partial charge in [0.15, 0.2) is 0 Å². The summed E-state index contributed by atoms with van der Waals surface area (Å²) in [4.78, 5) is 10.3. The van der Waals surface area contributed by atoms with Gasteiger partial charge >= 0.3 is 12.1 Å². The second kappa shape index (κ2) is 3.40. The Morgan fingerprint density at radius 1 is 1.43 bits per heavy atom. The van der Waals surface area contributed by atoms with E-state index in [0.717, 1.165) is 0 Å². The van der Waals surface area contributed by atoms with Crippen molar-refractivity contribution in [3.63, 3.8) is 0 Å². The van der Waals surface area contributed by atoms with Crippen LogP contribution in [0.5, 0.6) is 0 Å². The van der Waals surface area contributed by atoms with E-state index in [2.05, 4.69) is 0 Å². The Morgan fingerprint density at radius 2 is 1.93 bits per heavy atom. The van der Waals surface area contributed by atoms with E-state index in [1.54, 1.807) is 0 Å². The van der Waals surface area contributed by atoms with Crippen LogP contribution in [0.4, 0.5) is 17.6 Å². The molecule has 0 aromatic heterocycles. The average molecular weight is 214 g/mol. The number of halogens is 4. The first kappa shape index (κ1) is 11.3. The van der Waals surface area contributed by atoms with Crippen molar-refractivity contribution in [3.05, 3.63) is 0 Å². The van der Waals surface area contributed by atoms with Crippen molar-refractivity contribution in [2.24, 2.45) is 5.41 Å². The molecule has 82 valence electrons. The molecule has 0 bridgehead atoms. The van der Waals surface area contributed by atoms with Crippen molar-refractivity contribution in [2.75, 3.05) is 0 Å². The number of carbonyl (C=O) groups is 1. The van der Waals surface area contributed by atoms with E-state index in [9.17, 15) is 22.4 Å². The number of carboxylic acid groups (broad SMARTS) is 1. The highest BCUT2D eigenvalue weighted by molar-refractivity contribution is 5.68. The lowest BCUT2D eigenvalue weighted by atomic mass is 9.63. The van der Waals surface area contributed by atoms with Crippen LogP contribution in [0.3, 0.4) is 0 Å². The molecule has 0 aromatic carbocycles. The minimum atomic E-state index is -4.95. The molecule has 0 amide bonds. The maximum absolute atomic E-state index is 13.0. The number of rotatable bonds is 3. The highest BCUT2D eigenvalue weighted by atomic mass is 19.4. The Kier molecular flexibility index (Phi) is 2.74. The van der Waals surface area contributed by atoms with Crippen LogP contribution in [-0.2, 0) is 4.79 Å². The normalized spacial score (nSPS) is 22.6. The molecule has 1 saturated carbocycles. The molecular weight excluding hydrogens is 204 g/mol. The minimum absolute atomic E-state index is 0.0000231. The van der Waals surface area contributed by atoms with Crippen molar-refractivity contribution >= 4 is 5.97 Å². The van der Waals surface area contributed by atoms with Gasteiger partial charge in [-0.2, -0.15) is 13.2 Å². The highest BCUT2D eigenvalue weighted by Crippen LogP contribution is 2.52. The molecule has 1 rings (SSSR count). The first-order valence-electron chi connectivity index (χ1n) is 4.20. The monoisotopic (exact) mass is 214 g/mol. The van der Waals surface area contributed by atoms with Gasteiger partial charge in [0.25, 0.3) is 0 Å². The van der Waals surface area contributed by atoms with Crippen LogP contribution in [0.1, 0.15) is 25.7 Å². The van der Waals surface area contributed by atoms with E-state index in [0.29, 0.717) is 6.42 Å². The van der Waals surface area contributed by atoms with Crippen molar-refractivity contribution in [1.29, 1.82) is 0 Å². The van der Waals surface area contributed by atoms with Crippen molar-refractivity contribution in [3.8, 4) is 0 Å². The Morgan fingerprint density at radius 3 is 2.14 bits per heavy atom. The van der Waals surface area contributed by atoms with E-state index in [-0.39, 0.29) is 12.8 Å². The van der Waals surface area contributed by atoms with Gasteiger partial charge in [-0.1, -0.05) is 6.42 Å². The zero-order chi connectivity index (χ0) is 11.0. The van der Waals surface area contributed by atoms with E-state index in [1.807, 2.05) is 0 Å². The topological polar surface area (TPSA) is 37.3 Å². The predicted octanol–water partition coefficient (Wildman–Crippen LogP) is 2.53. The minimum Gasteiger partial charge on any atom is -0.481 e. The molecule has 0 saturated heterocycles. The zero-order valence-corrected chi connectivity index (χ0v) is 7.27. The van der Waals surface area contributed by atoms with E-state index in [1.165, 1.54) is 0 Å². The summed E-state index contributed by atoms with van der Waals surface area (Å²) in [6.45, 7) is 0. The summed E-state index contributed by atoms with van der Waals surface area (Å²) in [5.41, 5.74) is -1.70. The Bertz CT molecular complexity index is 232. The maximum Gasteiger partial charge on any atom is 0.420 e. The van der Waals surface area contributed by atoms with Crippen molar-refractivity contribution < 1.29 is 27.5 Å². The Labute approximate surface area is 77.9 Å². The number of alkyl halides is 4. The third-order valence-corrected chi connectivity index (χ3v) is 2.68. The largest absolute Gasteiger partial charge is 0.481 e. The molecule has 1 fully saturated rings. The van der Waals surface area contributed by atoms with Gasteiger partial charge in [-0.15, -0.1) is 0 Å². The smallest absolute Gasteiger partial charge is 0.420 e. The number of aliphatic carboxylic acids is 1. The van der Waals surface area contributed by atoms with Gasteiger partial charge in [0, 0.05) is 5.41 Å². The summed E-state index contributed by atoms with van der Waals surface area (Å²) in [6, 6.07) is 0. The molecule has 1 aliphatic rings. The summed E-state index contributed by atoms with van der Waals surface area (Å²) >= 11 is 0. The van der Waals surface area contributed by atoms with Crippen LogP contribution >= 0.6 is 0 Å². The molecule has 0 aromatic rings. The van der Waals surface area contributed by atoms with E-state index >= 15 is 0 Å². The SMILES string of the molecule is O=C(O)CC1(C(F)C(F)(F)F)CCC1. The van der Waals surface area contributed by atoms with Crippen LogP contribution in [0.2, 0.25) is 0 Å². The van der Waals surface area contributed by atoms with Gasteiger partial charge in [0.1, 0.15) is 0 Å². The van der Waals surface area contributed by atoms with Crippen molar-refractivity contribution in [2.45, 2.75) is 38.0 Å². The molecule has 1 unspecified atom stereocenters. The Balaban J connectivity index is 2.74. The standard InChI is InChI=1S/C8H10F4O2/c9-6(8(10,11)12)7(2-1-3-7)4-5(13)14/h6H,1-4H2,(H,13,14). The number of hydrogen-bond donors (Lipinski definition) is 1. The van der Waals surface area contributed by atoms with Crippen LogP contribution < -0.4 is 0 Å². The third kappa shape index (κ3) is 1.99. The summed E-state index contributed by atoms with van der Waals surface area (Å²) in [7, 11) is 0. The predicted molar refractivity (Wildman–Crippen MR) is 39.5 cm³/mol. The van der Waals surface area contributed by atoms with E-state index in [4.69, 9.17) is 5.11 Å². The molecule has 2 nitrogen and oxygen atoms in total. The summed E-state index contributed by atoms with van der Waals surface area (Å²) < 4.78 is 49.1. The van der Waals surface area contributed by atoms with Crippen LogP contribution in [0.15, 0.2) is 0 Å². The van der Waals surface area contributed by atoms with Crippen LogP contribution in [-0.4, -0.2) is 23.4 Å². The third-order valence-electron chi connectivity index (χ3n) is 2.68. The second-order valence-electron chi connectivity index (χ2n) is 3.69. The van der Waals surface area contributed by atoms with E-state index < -0.39 is 30.2 Å². The average Bonchev–Trinajstić information content (AvgIpc) is 1.93. The van der Waals surface area contributed by atoms with Gasteiger partial charge < -0.3 is 5.11 Å². The Hall–Kier alpha value is -0.810. The molecule has 1 N–H and O–H groups in total. The quantitative estimate of drug-likeness (QED) is 0.733. The molecule has 6 heteroatoms. The fourth-order valence-electron chi connectivity index (χ4n) is 1.80. The number of carboxylic acids is 1. The summed E-state index contributed by atoms with van der Waals surface area (Å²) in [5.74, 6) is -1.38. The molecule has 1 aliphatic carbocycles. The van der Waals surface area contributed by atoms with Gasteiger partial charge in [-0.25, -0.2) is 4.39 Å². The fraction of sp³-hybridized carbons (Fsp3) is 0.875. The first-order chi connectivity index (χ1) is 6.28. The lowest BCUT2D eigenvalue weighted by Crippen LogP contribution is -2.48. The second-order valence-corrected chi connectivity index (χ2v) is 3.69. The lowest BCUT2D eigenvalue weighted by Gasteiger charge is -2.43. The molecule has 0 spiro atoms. The number of hydrogen-bond acceptors (Lipinski definition) is 1. The summed E-state index contributed by atoms with van der Waals surface area (Å²) in [6.07, 6.45) is -8.24. The van der Waals surface area contributed by atoms with Crippen molar-refractivity contribution in [1.82, 2.24) is 0 Å². The molecule has 0 radical (unpaired) electrons. The first-order valence-corrected chi connectivity index (χ1v) is 4.20. The molecule has 1 atom stereocenters. The molecule has 14 heavy (non-hydrogen) atoms. The zero-order valence-electron chi connectivity index (χ0n) is 7.27. The van der Waals surface area contributed by atoms with Gasteiger partial charge in [-0.3, -0.25) is 4.79 Å². The van der Waals surface area contributed by atoms with Crippen LogP contribution in [0, 0.1) is 5.41 Å². The lowest BCUT2D eigenvalue weighted by molar-refractivity contribution is -0.228. The van der Waals surface area contributed by atoms with Gasteiger partial charge in [0.2, 0.25) is 6.17 Å². The van der Waals surface area contributed by atoms with Gasteiger partial charge in [0.05, 0.1) is 6.42 Å². The van der Waals surface area contributed by atoms with Gasteiger partial charge in [-0.05, 0) is 12.8 Å². The summed E-state index contributed by atoms with van der Waals surface area (Å²) in [5, 5.41) is 8.39. The highest BCUT2D eigenvalue weighted by Gasteiger charge is 2.57. The fourth-order valence-corrected chi connectivity index (χ4v) is 1.80. The maximum atomic E-state index is 13.0.